The first kappa shape index (κ1) is 14.6. The molecule has 1 heterocycles. The third kappa shape index (κ3) is 4.10. The summed E-state index contributed by atoms with van der Waals surface area (Å²) in [6.07, 6.45) is 0.654. The lowest BCUT2D eigenvalue weighted by Crippen LogP contribution is -2.22. The third-order valence-corrected chi connectivity index (χ3v) is 2.95. The first-order valence-corrected chi connectivity index (χ1v) is 6.42. The van der Waals surface area contributed by atoms with Gasteiger partial charge in [-0.15, -0.1) is 0 Å². The number of aryl methyl sites for hydroxylation is 1. The van der Waals surface area contributed by atoms with Crippen LogP contribution in [-0.2, 0) is 17.8 Å². The molecule has 0 saturated carbocycles. The number of para-hydroxylation sites is 1. The topological polar surface area (TPSA) is 99.8 Å². The fourth-order valence-corrected chi connectivity index (χ4v) is 1.83. The largest absolute Gasteiger partial charge is 0.508 e. The lowest BCUT2D eigenvalue weighted by Gasteiger charge is -2.05. The molecule has 0 aliphatic heterocycles. The van der Waals surface area contributed by atoms with E-state index in [9.17, 15) is 14.7 Å². The summed E-state index contributed by atoms with van der Waals surface area (Å²) in [5, 5.41) is 20.9. The molecule has 1 aromatic heterocycles. The van der Waals surface area contributed by atoms with Crippen LogP contribution in [0, 0.1) is 0 Å². The zero-order valence-corrected chi connectivity index (χ0v) is 11.2. The Morgan fingerprint density at radius 2 is 1.90 bits per heavy atom. The number of amides is 1. The van der Waals surface area contributed by atoms with Crippen LogP contribution in [0.4, 0.5) is 0 Å². The molecule has 0 aliphatic carbocycles. The summed E-state index contributed by atoms with van der Waals surface area (Å²) in [6, 6.07) is 9.69. The van der Waals surface area contributed by atoms with Crippen molar-refractivity contribution in [2.45, 2.75) is 19.4 Å². The zero-order chi connectivity index (χ0) is 15.2. The number of carboxylic acid groups (broad SMARTS) is 1. The molecule has 0 atom stereocenters. The van der Waals surface area contributed by atoms with E-state index in [1.54, 1.807) is 24.3 Å². The van der Waals surface area contributed by atoms with E-state index in [0.717, 1.165) is 0 Å². The summed E-state index contributed by atoms with van der Waals surface area (Å²) in [6.45, 7) is 0.132. The lowest BCUT2D eigenvalue weighted by molar-refractivity contribution is -0.121. The third-order valence-electron chi connectivity index (χ3n) is 2.95. The minimum atomic E-state index is -1.15. The van der Waals surface area contributed by atoms with Crippen molar-refractivity contribution < 1.29 is 24.2 Å². The molecule has 110 valence electrons. The molecule has 2 aromatic rings. The van der Waals surface area contributed by atoms with Gasteiger partial charge in [0, 0.05) is 6.42 Å². The Hall–Kier alpha value is -2.76. The van der Waals surface area contributed by atoms with E-state index in [0.29, 0.717) is 17.7 Å². The van der Waals surface area contributed by atoms with Gasteiger partial charge in [-0.2, -0.15) is 0 Å². The SMILES string of the molecule is O=C(CCc1ccccc1O)NCc1ccc(C(=O)O)o1. The molecular formula is C15H15NO5. The number of rotatable bonds is 6. The molecule has 3 N–H and O–H groups in total. The van der Waals surface area contributed by atoms with Crippen molar-refractivity contribution in [1.82, 2.24) is 5.32 Å². The van der Waals surface area contributed by atoms with Gasteiger partial charge in [0.05, 0.1) is 6.54 Å². The monoisotopic (exact) mass is 289 g/mol. The zero-order valence-electron chi connectivity index (χ0n) is 11.2. The van der Waals surface area contributed by atoms with Gasteiger partial charge in [0.2, 0.25) is 11.7 Å². The number of nitrogens with one attached hydrogen (secondary N) is 1. The van der Waals surface area contributed by atoms with E-state index >= 15 is 0 Å². The predicted octanol–water partition coefficient (Wildman–Crippen LogP) is 1.93. The minimum Gasteiger partial charge on any atom is -0.508 e. The second kappa shape index (κ2) is 6.60. The quantitative estimate of drug-likeness (QED) is 0.754. The van der Waals surface area contributed by atoms with E-state index < -0.39 is 5.97 Å². The first-order chi connectivity index (χ1) is 10.1. The highest BCUT2D eigenvalue weighted by Crippen LogP contribution is 2.17. The Kier molecular flexibility index (Phi) is 4.61. The van der Waals surface area contributed by atoms with Gasteiger partial charge in [-0.05, 0) is 30.2 Å². The Labute approximate surface area is 121 Å². The smallest absolute Gasteiger partial charge is 0.371 e. The van der Waals surface area contributed by atoms with Crippen molar-refractivity contribution in [3.63, 3.8) is 0 Å². The van der Waals surface area contributed by atoms with Gasteiger partial charge in [-0.25, -0.2) is 4.79 Å². The predicted molar refractivity (Wildman–Crippen MR) is 73.9 cm³/mol. The fourth-order valence-electron chi connectivity index (χ4n) is 1.83. The molecule has 0 unspecified atom stereocenters. The number of aromatic hydroxyl groups is 1. The van der Waals surface area contributed by atoms with Gasteiger partial charge in [-0.1, -0.05) is 18.2 Å². The van der Waals surface area contributed by atoms with Gasteiger partial charge in [0.15, 0.2) is 0 Å². The molecule has 2 rings (SSSR count). The molecule has 0 radical (unpaired) electrons. The number of phenols is 1. The maximum atomic E-state index is 11.7. The number of furan rings is 1. The average Bonchev–Trinajstić information content (AvgIpc) is 2.93. The van der Waals surface area contributed by atoms with Crippen LogP contribution >= 0.6 is 0 Å². The summed E-state index contributed by atoms with van der Waals surface area (Å²) in [5.74, 6) is -0.960. The van der Waals surface area contributed by atoms with Crippen LogP contribution in [0.25, 0.3) is 0 Å². The number of benzene rings is 1. The highest BCUT2D eigenvalue weighted by Gasteiger charge is 2.10. The van der Waals surface area contributed by atoms with Crippen LogP contribution in [0.5, 0.6) is 5.75 Å². The molecule has 0 aliphatic rings. The van der Waals surface area contributed by atoms with Crippen LogP contribution < -0.4 is 5.32 Å². The van der Waals surface area contributed by atoms with E-state index in [1.165, 1.54) is 12.1 Å². The van der Waals surface area contributed by atoms with Crippen LogP contribution in [0.3, 0.4) is 0 Å². The van der Waals surface area contributed by atoms with Gasteiger partial charge in [-0.3, -0.25) is 4.79 Å². The fraction of sp³-hybridized carbons (Fsp3) is 0.200. The summed E-state index contributed by atoms with van der Waals surface area (Å²) in [7, 11) is 0. The maximum absolute atomic E-state index is 11.7. The standard InChI is InChI=1S/C15H15NO5/c17-12-4-2-1-3-10(12)5-8-14(18)16-9-11-6-7-13(21-11)15(19)20/h1-4,6-7,17H,5,8-9H2,(H,16,18)(H,19,20). The molecule has 1 aromatic carbocycles. The van der Waals surface area contributed by atoms with Crippen LogP contribution in [-0.4, -0.2) is 22.1 Å². The molecular weight excluding hydrogens is 274 g/mol. The normalized spacial score (nSPS) is 10.3. The van der Waals surface area contributed by atoms with Crippen LogP contribution in [0.1, 0.15) is 28.3 Å². The van der Waals surface area contributed by atoms with Gasteiger partial charge < -0.3 is 19.9 Å². The van der Waals surface area contributed by atoms with E-state index in [1.807, 2.05) is 0 Å². The molecule has 21 heavy (non-hydrogen) atoms. The van der Waals surface area contributed by atoms with Crippen molar-refractivity contribution in [3.05, 3.63) is 53.5 Å². The van der Waals surface area contributed by atoms with Crippen molar-refractivity contribution >= 4 is 11.9 Å². The highest BCUT2D eigenvalue weighted by atomic mass is 16.4. The number of aromatic carboxylic acids is 1. The lowest BCUT2D eigenvalue weighted by atomic mass is 10.1. The second-order valence-electron chi connectivity index (χ2n) is 4.48. The molecule has 6 heteroatoms. The Morgan fingerprint density at radius 3 is 2.57 bits per heavy atom. The summed E-state index contributed by atoms with van der Waals surface area (Å²) >= 11 is 0. The van der Waals surface area contributed by atoms with Gasteiger partial charge in [0.25, 0.3) is 0 Å². The Balaban J connectivity index is 1.79. The summed E-state index contributed by atoms with van der Waals surface area (Å²) in [5.41, 5.74) is 0.707. The second-order valence-corrected chi connectivity index (χ2v) is 4.48. The Bertz CT molecular complexity index is 647. The number of phenolic OH excluding ortho intramolecular Hbond substituents is 1. The summed E-state index contributed by atoms with van der Waals surface area (Å²) < 4.78 is 5.02. The number of carboxylic acids is 1. The minimum absolute atomic E-state index is 0.132. The number of hydrogen-bond acceptors (Lipinski definition) is 4. The molecule has 1 amide bonds. The van der Waals surface area contributed by atoms with Crippen LogP contribution in [0.2, 0.25) is 0 Å². The van der Waals surface area contributed by atoms with Crippen LogP contribution in [0.15, 0.2) is 40.8 Å². The average molecular weight is 289 g/mol. The van der Waals surface area contributed by atoms with Gasteiger partial charge >= 0.3 is 5.97 Å². The number of hydrogen-bond donors (Lipinski definition) is 3. The highest BCUT2D eigenvalue weighted by molar-refractivity contribution is 5.84. The Morgan fingerprint density at radius 1 is 1.14 bits per heavy atom. The van der Waals surface area contributed by atoms with E-state index in [-0.39, 0.29) is 30.4 Å². The van der Waals surface area contributed by atoms with Crippen molar-refractivity contribution in [1.29, 1.82) is 0 Å². The van der Waals surface area contributed by atoms with Crippen molar-refractivity contribution in [2.24, 2.45) is 0 Å². The molecule has 0 spiro atoms. The van der Waals surface area contributed by atoms with Crippen molar-refractivity contribution in [2.75, 3.05) is 0 Å². The summed E-state index contributed by atoms with van der Waals surface area (Å²) in [4.78, 5) is 22.3. The van der Waals surface area contributed by atoms with Gasteiger partial charge in [0.1, 0.15) is 11.5 Å². The molecule has 0 fully saturated rings. The molecule has 6 nitrogen and oxygen atoms in total. The molecule has 0 bridgehead atoms. The maximum Gasteiger partial charge on any atom is 0.371 e. The van der Waals surface area contributed by atoms with Crippen molar-refractivity contribution in [3.8, 4) is 5.75 Å². The number of carbonyl (C=O) groups is 2. The first-order valence-electron chi connectivity index (χ1n) is 6.42. The number of carbonyl (C=O) groups excluding carboxylic acids is 1. The molecule has 0 saturated heterocycles. The van der Waals surface area contributed by atoms with E-state index in [2.05, 4.69) is 5.32 Å². The van der Waals surface area contributed by atoms with E-state index in [4.69, 9.17) is 9.52 Å².